The van der Waals surface area contributed by atoms with Gasteiger partial charge in [0, 0.05) is 77.3 Å². The number of halogens is 1. The van der Waals surface area contributed by atoms with Crippen molar-refractivity contribution in [2.45, 2.75) is 88.7 Å². The largest absolute Gasteiger partial charge is 0.507 e. The molecule has 6 N–H and O–H groups in total. The van der Waals surface area contributed by atoms with Crippen molar-refractivity contribution in [3.63, 3.8) is 0 Å². The van der Waals surface area contributed by atoms with Crippen LogP contribution in [0.4, 0.5) is 11.6 Å². The van der Waals surface area contributed by atoms with E-state index in [4.69, 9.17) is 18.9 Å². The molecule has 2 unspecified atom stereocenters. The molecule has 4 aliphatic rings. The molecule has 0 saturated carbocycles. The van der Waals surface area contributed by atoms with Gasteiger partial charge in [0.25, 0.3) is 0 Å². The van der Waals surface area contributed by atoms with Crippen molar-refractivity contribution in [2.75, 3.05) is 64.2 Å². The number of hydrogen-bond acceptors (Lipinski definition) is 18. The van der Waals surface area contributed by atoms with Gasteiger partial charge in [-0.25, -0.2) is 24.3 Å². The zero-order chi connectivity index (χ0) is 56.7. The van der Waals surface area contributed by atoms with Gasteiger partial charge in [-0.1, -0.05) is 18.2 Å². The maximum Gasteiger partial charge on any atom is 0.150 e. The van der Waals surface area contributed by atoms with Gasteiger partial charge in [0.2, 0.25) is 0 Å². The van der Waals surface area contributed by atoms with Crippen molar-refractivity contribution in [3.8, 4) is 84.4 Å². The minimum Gasteiger partial charge on any atom is -0.507 e. The van der Waals surface area contributed by atoms with E-state index >= 15 is 0 Å². The number of nitrogens with zero attached hydrogens (tertiary/aromatic N) is 11. The third kappa shape index (κ3) is 14.6. The molecule has 0 amide bonds. The van der Waals surface area contributed by atoms with Crippen molar-refractivity contribution < 1.29 is 24.1 Å². The summed E-state index contributed by atoms with van der Waals surface area (Å²) < 4.78 is 27.5. The molecule has 4 saturated heterocycles. The van der Waals surface area contributed by atoms with Gasteiger partial charge in [0.05, 0.1) is 87.1 Å². The molecular formula is C61H69BrN16O5. The predicted molar refractivity (Wildman–Crippen MR) is 322 cm³/mol. The quantitative estimate of drug-likeness (QED) is 0.0592. The summed E-state index contributed by atoms with van der Waals surface area (Å²) in [6.07, 6.45) is 32.8. The van der Waals surface area contributed by atoms with Crippen LogP contribution in [0.1, 0.15) is 76.7 Å². The number of anilines is 2. The Hall–Kier alpha value is -8.15. The molecule has 0 aliphatic carbocycles. The molecule has 13 rings (SSSR count). The second-order valence-electron chi connectivity index (χ2n) is 20.7. The monoisotopic (exact) mass is 1180 g/mol. The van der Waals surface area contributed by atoms with E-state index in [-0.39, 0.29) is 18.2 Å². The number of phenols is 1. The van der Waals surface area contributed by atoms with Crippen LogP contribution in [-0.2, 0) is 9.47 Å². The van der Waals surface area contributed by atoms with E-state index in [0.717, 1.165) is 170 Å². The molecule has 21 nitrogen and oxygen atoms in total. The summed E-state index contributed by atoms with van der Waals surface area (Å²) in [6, 6.07) is 18.6. The van der Waals surface area contributed by atoms with Gasteiger partial charge in [0.1, 0.15) is 45.9 Å². The highest BCUT2D eigenvalue weighted by Crippen LogP contribution is 2.37. The van der Waals surface area contributed by atoms with E-state index in [1.54, 1.807) is 69.9 Å². The molecule has 2 atom stereocenters. The van der Waals surface area contributed by atoms with Crippen LogP contribution in [0.15, 0.2) is 134 Å². The van der Waals surface area contributed by atoms with Crippen molar-refractivity contribution >= 4 is 27.6 Å². The Kier molecular flexibility index (Phi) is 19.0. The number of nitrogens with one attached hydrogen (secondary N) is 5. The molecule has 0 spiro atoms. The molecule has 0 radical (unpaired) electrons. The normalized spacial score (nSPS) is 17.5. The lowest BCUT2D eigenvalue weighted by Crippen LogP contribution is -2.35. The van der Waals surface area contributed by atoms with Crippen LogP contribution >= 0.6 is 15.9 Å². The van der Waals surface area contributed by atoms with E-state index in [1.165, 1.54) is 12.8 Å². The van der Waals surface area contributed by atoms with Gasteiger partial charge in [-0.15, -0.1) is 0 Å². The van der Waals surface area contributed by atoms with Crippen LogP contribution in [0.5, 0.6) is 17.2 Å². The first-order chi connectivity index (χ1) is 40.8. The Labute approximate surface area is 490 Å². The summed E-state index contributed by atoms with van der Waals surface area (Å²) in [5.41, 5.74) is 10.7. The highest BCUT2D eigenvalue weighted by Gasteiger charge is 2.21. The third-order valence-corrected chi connectivity index (χ3v) is 15.5. The van der Waals surface area contributed by atoms with Crippen molar-refractivity contribution in [1.29, 1.82) is 0 Å². The second-order valence-corrected chi connectivity index (χ2v) is 21.6. The summed E-state index contributed by atoms with van der Waals surface area (Å²) >= 11 is 3.31. The molecular weight excluding hydrogens is 1120 g/mol. The number of methoxy groups -OCH3 is 2. The van der Waals surface area contributed by atoms with Gasteiger partial charge in [-0.3, -0.25) is 20.1 Å². The summed E-state index contributed by atoms with van der Waals surface area (Å²) in [5, 5.41) is 39.7. The molecule has 83 heavy (non-hydrogen) atoms. The molecule has 9 aromatic rings. The maximum absolute atomic E-state index is 10.4. The molecule has 3 aromatic carbocycles. The predicted octanol–water partition coefficient (Wildman–Crippen LogP) is 10.8. The number of rotatable bonds is 14. The Morgan fingerprint density at radius 3 is 1.42 bits per heavy atom. The van der Waals surface area contributed by atoms with Crippen LogP contribution in [0, 0.1) is 0 Å². The smallest absolute Gasteiger partial charge is 0.150 e. The Morgan fingerprint density at radius 2 is 1.00 bits per heavy atom. The number of benzene rings is 3. The molecule has 6 aromatic heterocycles. The lowest BCUT2D eigenvalue weighted by Gasteiger charge is -2.24. The first-order valence-corrected chi connectivity index (χ1v) is 29.2. The van der Waals surface area contributed by atoms with Gasteiger partial charge < -0.3 is 45.3 Å². The van der Waals surface area contributed by atoms with Gasteiger partial charge >= 0.3 is 0 Å². The van der Waals surface area contributed by atoms with Crippen molar-refractivity contribution in [2.24, 2.45) is 0 Å². The zero-order valence-corrected chi connectivity index (χ0v) is 48.2. The molecule has 0 bridgehead atoms. The lowest BCUT2D eigenvalue weighted by molar-refractivity contribution is -0.0395. The fourth-order valence-corrected chi connectivity index (χ4v) is 10.7. The maximum atomic E-state index is 10.4. The summed E-state index contributed by atoms with van der Waals surface area (Å²) in [6.45, 7) is 5.74. The minimum atomic E-state index is 0.0333. The third-order valence-electron chi connectivity index (χ3n) is 15.1. The van der Waals surface area contributed by atoms with Crippen LogP contribution in [0.3, 0.4) is 0 Å². The molecule has 22 heteroatoms. The average Bonchev–Trinajstić information content (AvgIpc) is 4.41. The topological polar surface area (TPSA) is 247 Å². The van der Waals surface area contributed by atoms with Gasteiger partial charge in [-0.05, 0) is 159 Å². The summed E-state index contributed by atoms with van der Waals surface area (Å²) in [4.78, 5) is 26.8. The SMILES string of the molecule is COc1cc(-c2cnn(C3CCCCO3)c2)ccc1-c1cnc(Br)cn1.COc1cc(-c2cnn(C3CCCCO3)c2)ccc1-c1cnc(NC2CCNCC2)cn1.Oc1cc(-c2cn[nH]c2)ccc1-c1cnc(NC2CCNCC2)cn1. The number of hydrogen-bond donors (Lipinski definition) is 6. The van der Waals surface area contributed by atoms with E-state index in [1.807, 2.05) is 76.6 Å². The summed E-state index contributed by atoms with van der Waals surface area (Å²) in [7, 11) is 3.34. The first-order valence-electron chi connectivity index (χ1n) is 28.4. The first kappa shape index (κ1) is 56.7. The van der Waals surface area contributed by atoms with E-state index in [9.17, 15) is 5.11 Å². The number of H-pyrrole nitrogens is 1. The van der Waals surface area contributed by atoms with E-state index in [2.05, 4.69) is 93.6 Å². The zero-order valence-electron chi connectivity index (χ0n) is 46.6. The number of aromatic amines is 1. The average molecular weight is 1190 g/mol. The Bertz CT molecular complexity index is 3470. The number of piperidine rings is 2. The fraction of sp³-hybridized carbons (Fsp3) is 0.361. The highest BCUT2D eigenvalue weighted by molar-refractivity contribution is 9.10. The Morgan fingerprint density at radius 1 is 0.518 bits per heavy atom. The number of ether oxygens (including phenoxy) is 4. The van der Waals surface area contributed by atoms with Gasteiger partial charge in [0.15, 0.2) is 0 Å². The number of aromatic hydroxyl groups is 1. The van der Waals surface area contributed by atoms with Crippen molar-refractivity contribution in [1.82, 2.24) is 70.3 Å². The van der Waals surface area contributed by atoms with Crippen LogP contribution in [0.2, 0.25) is 0 Å². The lowest BCUT2D eigenvalue weighted by atomic mass is 10.0. The van der Waals surface area contributed by atoms with Crippen LogP contribution < -0.4 is 30.7 Å². The fourth-order valence-electron chi connectivity index (χ4n) is 10.5. The minimum absolute atomic E-state index is 0.0333. The molecule has 4 fully saturated rings. The Balaban J connectivity index is 0.000000132. The van der Waals surface area contributed by atoms with Crippen molar-refractivity contribution in [3.05, 3.63) is 134 Å². The number of phenolic OH excluding ortho intramolecular Hbond substituents is 1. The standard InChI is InChI=1S/C24H30N6O2.C19H19BrN4O2.C18H20N6O/c1-31-22-12-17(18-13-28-30(16-18)24-4-2-3-11-32-24)5-6-20(22)21-14-27-23(15-26-21)29-19-7-9-25-10-8-19;1-25-17-8-13(5-6-15(17)16-10-22-18(20)11-21-16)14-9-23-24(12-14)19-4-2-3-7-26-19;25-17-7-12(13-8-22-23-9-13)1-2-15(17)16-10-21-18(11-20-16)24-14-3-5-19-6-4-14/h5-6,12-16,19,24-25H,2-4,7-11H2,1H3,(H,27,29);5-6,8-12,19H,2-4,7H2,1H3;1-2,7-11,14,19,25H,3-6H2,(H,21,24)(H,22,23). The van der Waals surface area contributed by atoms with E-state index in [0.29, 0.717) is 27.9 Å². The van der Waals surface area contributed by atoms with Gasteiger partial charge in [-0.2, -0.15) is 15.3 Å². The highest BCUT2D eigenvalue weighted by atomic mass is 79.9. The summed E-state index contributed by atoms with van der Waals surface area (Å²) in [5.74, 6) is 3.27. The molecule has 10 heterocycles. The number of aromatic nitrogens is 12. The van der Waals surface area contributed by atoms with Crippen LogP contribution in [-0.4, -0.2) is 130 Å². The van der Waals surface area contributed by atoms with E-state index < -0.39 is 0 Å². The molecule has 430 valence electrons. The second kappa shape index (κ2) is 27.7. The van der Waals surface area contributed by atoms with Crippen LogP contribution in [0.25, 0.3) is 67.2 Å². The molecule has 4 aliphatic heterocycles.